The molecule has 0 atom stereocenters. The smallest absolute Gasteiger partial charge is 0.481 e. The molecule has 1 N–H and O–H groups in total. The molecule has 0 bridgehead atoms. The van der Waals surface area contributed by atoms with E-state index in [-0.39, 0.29) is 0 Å². The average Bonchev–Trinajstić information content (AvgIpc) is 2.09. The number of carbonyl (C=O) groups excluding carboxylic acids is 4. The van der Waals surface area contributed by atoms with Gasteiger partial charge in [0.2, 0.25) is 0 Å². The topological polar surface area (TPSA) is 177 Å². The van der Waals surface area contributed by atoms with Crippen molar-refractivity contribution in [3.05, 3.63) is 0 Å². The van der Waals surface area contributed by atoms with E-state index in [2.05, 4.69) is 17.8 Å². The normalized spacial score (nSPS) is 9.29. The van der Waals surface area contributed by atoms with Crippen LogP contribution < -0.4 is 0 Å². The molecule has 0 amide bonds. The zero-order valence-corrected chi connectivity index (χ0v) is 11.7. The van der Waals surface area contributed by atoms with Crippen LogP contribution in [-0.4, -0.2) is 43.7 Å². The Balaban J connectivity index is 0. The Morgan fingerprint density at radius 2 is 1.00 bits per heavy atom. The molecule has 0 aromatic heterocycles. The van der Waals surface area contributed by atoms with E-state index in [0.717, 1.165) is 20.8 Å². The summed E-state index contributed by atoms with van der Waals surface area (Å²) in [5.74, 6) is -3.12. The maximum atomic E-state index is 10.7. The third-order valence-corrected chi connectivity index (χ3v) is 1.47. The number of aliphatic carboxylic acids is 1. The van der Waals surface area contributed by atoms with Crippen LogP contribution in [0, 0.1) is 0 Å². The molecular weight excluding hydrogens is 320 g/mol. The summed E-state index contributed by atoms with van der Waals surface area (Å²) in [5, 5.41) is 7.42. The Morgan fingerprint density at radius 1 is 0.762 bits per heavy atom. The molecule has 13 heteroatoms. The van der Waals surface area contributed by atoms with Gasteiger partial charge in [-0.15, -0.1) is 8.42 Å². The predicted octanol–water partition coefficient (Wildman–Crippen LogP) is -0.278. The molecule has 0 fully saturated rings. The van der Waals surface area contributed by atoms with Crippen LogP contribution in [0.1, 0.15) is 20.8 Å². The third-order valence-electron chi connectivity index (χ3n) is 0.794. The molecule has 0 aliphatic heterocycles. The summed E-state index contributed by atoms with van der Waals surface area (Å²) in [7, 11) is -5.12. The van der Waals surface area contributed by atoms with Crippen molar-refractivity contribution in [1.29, 1.82) is 0 Å². The van der Waals surface area contributed by atoms with Crippen molar-refractivity contribution in [3.8, 4) is 0 Å². The van der Waals surface area contributed by atoms with E-state index in [1.54, 1.807) is 0 Å². The Hall–Kier alpha value is -2.70. The molecule has 12 nitrogen and oxygen atoms in total. The number of carboxylic acids is 1. The van der Waals surface area contributed by atoms with Gasteiger partial charge in [-0.3, -0.25) is 22.7 Å². The van der Waals surface area contributed by atoms with E-state index in [9.17, 15) is 27.6 Å². The van der Waals surface area contributed by atoms with Crippen molar-refractivity contribution >= 4 is 40.6 Å². The van der Waals surface area contributed by atoms with E-state index >= 15 is 0 Å². The van der Waals surface area contributed by atoms with Gasteiger partial charge in [0.1, 0.15) is 0 Å². The largest absolute Gasteiger partial charge is 0.534 e. The van der Waals surface area contributed by atoms with Gasteiger partial charge in [-0.05, 0) is 0 Å². The highest BCUT2D eigenvalue weighted by Gasteiger charge is 2.26. The molecular formula is C8H10O12S. The molecule has 120 valence electrons. The van der Waals surface area contributed by atoms with Gasteiger partial charge in [-0.25, -0.2) is 9.59 Å². The predicted molar refractivity (Wildman–Crippen MR) is 58.7 cm³/mol. The second-order valence-corrected chi connectivity index (χ2v) is 3.93. The first-order chi connectivity index (χ1) is 9.35. The van der Waals surface area contributed by atoms with Crippen molar-refractivity contribution in [2.45, 2.75) is 20.8 Å². The van der Waals surface area contributed by atoms with Crippen LogP contribution in [0.15, 0.2) is 0 Å². The molecule has 0 aromatic rings. The SMILES string of the molecule is CC(=O)O.CC(=O)OC(=O)OS(=O)(=O)OC(=O)OC(C)=O. The lowest BCUT2D eigenvalue weighted by atomic mass is 10.8. The Morgan fingerprint density at radius 3 is 1.19 bits per heavy atom. The summed E-state index contributed by atoms with van der Waals surface area (Å²) in [6.07, 6.45) is -3.85. The highest BCUT2D eigenvalue weighted by molar-refractivity contribution is 7.82. The molecule has 0 heterocycles. The van der Waals surface area contributed by atoms with E-state index in [4.69, 9.17) is 9.90 Å². The molecule has 21 heavy (non-hydrogen) atoms. The molecule has 0 aliphatic carbocycles. The van der Waals surface area contributed by atoms with Crippen LogP contribution in [0.5, 0.6) is 0 Å². The Labute approximate surface area is 117 Å². The fourth-order valence-corrected chi connectivity index (χ4v) is 0.888. The zero-order valence-electron chi connectivity index (χ0n) is 10.8. The van der Waals surface area contributed by atoms with Crippen molar-refractivity contribution in [2.75, 3.05) is 0 Å². The number of carboxylic acid groups (broad SMARTS) is 1. The number of hydrogen-bond acceptors (Lipinski definition) is 11. The van der Waals surface area contributed by atoms with Crippen LogP contribution in [0.4, 0.5) is 9.59 Å². The standard InChI is InChI=1S/C6H6O10S.C2H4O2/c1-3(7)13-5(9)15-17(11,12)16-6(10)14-4(2)8;1-2(3)4/h1-2H3;1H3,(H,3,4). The first-order valence-corrected chi connectivity index (χ1v) is 5.97. The Bertz CT molecular complexity index is 489. The fourth-order valence-electron chi connectivity index (χ4n) is 0.452. The average molecular weight is 330 g/mol. The van der Waals surface area contributed by atoms with Crippen molar-refractivity contribution in [3.63, 3.8) is 0 Å². The fraction of sp³-hybridized carbons (Fsp3) is 0.375. The van der Waals surface area contributed by atoms with Crippen LogP contribution in [0.2, 0.25) is 0 Å². The lowest BCUT2D eigenvalue weighted by molar-refractivity contribution is -0.136. The zero-order chi connectivity index (χ0) is 17.2. The van der Waals surface area contributed by atoms with Gasteiger partial charge >= 0.3 is 34.6 Å². The van der Waals surface area contributed by atoms with Crippen molar-refractivity contribution in [1.82, 2.24) is 0 Å². The Kier molecular flexibility index (Phi) is 9.07. The van der Waals surface area contributed by atoms with Gasteiger partial charge in [-0.1, -0.05) is 0 Å². The van der Waals surface area contributed by atoms with Crippen LogP contribution >= 0.6 is 0 Å². The maximum Gasteiger partial charge on any atom is 0.534 e. The third kappa shape index (κ3) is 17.3. The molecule has 0 saturated heterocycles. The minimum absolute atomic E-state index is 0.804. The molecule has 0 radical (unpaired) electrons. The van der Waals surface area contributed by atoms with Crippen molar-refractivity contribution in [2.24, 2.45) is 0 Å². The summed E-state index contributed by atoms with van der Waals surface area (Å²) >= 11 is 0. The molecule has 0 saturated carbocycles. The second-order valence-electron chi connectivity index (χ2n) is 2.78. The molecule has 0 spiro atoms. The van der Waals surface area contributed by atoms with Gasteiger partial charge in [0.05, 0.1) is 0 Å². The first kappa shape index (κ1) is 20.6. The van der Waals surface area contributed by atoms with E-state index < -0.39 is 40.6 Å². The highest BCUT2D eigenvalue weighted by atomic mass is 32.3. The lowest BCUT2D eigenvalue weighted by Gasteiger charge is -2.03. The van der Waals surface area contributed by atoms with Gasteiger partial charge in [0, 0.05) is 20.8 Å². The number of rotatable bonds is 2. The van der Waals surface area contributed by atoms with Gasteiger partial charge in [0.25, 0.3) is 5.97 Å². The molecule has 0 aromatic carbocycles. The van der Waals surface area contributed by atoms with E-state index in [0.29, 0.717) is 0 Å². The summed E-state index contributed by atoms with van der Waals surface area (Å²) in [6.45, 7) is 2.69. The number of esters is 2. The summed E-state index contributed by atoms with van der Waals surface area (Å²) in [4.78, 5) is 50.5. The summed E-state index contributed by atoms with van der Waals surface area (Å²) in [5.41, 5.74) is 0. The minimum atomic E-state index is -5.12. The van der Waals surface area contributed by atoms with Crippen molar-refractivity contribution < 1.29 is 55.3 Å². The van der Waals surface area contributed by atoms with E-state index in [1.807, 2.05) is 0 Å². The van der Waals surface area contributed by atoms with Gasteiger partial charge in [-0.2, -0.15) is 0 Å². The van der Waals surface area contributed by atoms with Crippen LogP contribution in [-0.2, 0) is 42.6 Å². The molecule has 0 aliphatic rings. The number of hydrogen-bond donors (Lipinski definition) is 1. The summed E-state index contributed by atoms with van der Waals surface area (Å²) in [6, 6.07) is 0. The first-order valence-electron chi connectivity index (χ1n) is 4.64. The molecule has 0 rings (SSSR count). The highest BCUT2D eigenvalue weighted by Crippen LogP contribution is 2.01. The quantitative estimate of drug-likeness (QED) is 0.518. The lowest BCUT2D eigenvalue weighted by Crippen LogP contribution is -2.22. The number of ether oxygens (including phenoxy) is 2. The maximum absolute atomic E-state index is 10.7. The van der Waals surface area contributed by atoms with Gasteiger partial charge < -0.3 is 14.6 Å². The molecule has 0 unspecified atom stereocenters. The monoisotopic (exact) mass is 330 g/mol. The van der Waals surface area contributed by atoms with Crippen LogP contribution in [0.25, 0.3) is 0 Å². The van der Waals surface area contributed by atoms with Crippen LogP contribution in [0.3, 0.4) is 0 Å². The number of carbonyl (C=O) groups is 5. The minimum Gasteiger partial charge on any atom is -0.481 e. The van der Waals surface area contributed by atoms with Gasteiger partial charge in [0.15, 0.2) is 0 Å². The second kappa shape index (κ2) is 9.24. The van der Waals surface area contributed by atoms with E-state index in [1.165, 1.54) is 0 Å². The summed E-state index contributed by atoms with van der Waals surface area (Å²) < 4.78 is 35.7.